The van der Waals surface area contributed by atoms with Gasteiger partial charge in [0.15, 0.2) is 5.78 Å². The number of rotatable bonds is 0. The van der Waals surface area contributed by atoms with Gasteiger partial charge in [0.1, 0.15) is 5.92 Å². The van der Waals surface area contributed by atoms with E-state index in [0.717, 1.165) is 5.56 Å². The molecule has 1 aromatic rings. The maximum Gasteiger partial charge on any atom is 0.399 e. The summed E-state index contributed by atoms with van der Waals surface area (Å²) in [5.74, 6) is -2.62. The number of fused-ring (bicyclic) bond motifs is 1. The van der Waals surface area contributed by atoms with Crippen molar-refractivity contribution in [2.24, 2.45) is 5.92 Å². The molecule has 4 heteroatoms. The molecule has 1 nitrogen and oxygen atoms in total. The van der Waals surface area contributed by atoms with E-state index in [4.69, 9.17) is 0 Å². The van der Waals surface area contributed by atoms with Crippen LogP contribution in [0.1, 0.15) is 27.0 Å². The highest BCUT2D eigenvalue weighted by atomic mass is 19.4. The summed E-state index contributed by atoms with van der Waals surface area (Å²) in [6, 6.07) is 3.39. The molecule has 16 heavy (non-hydrogen) atoms. The Kier molecular flexibility index (Phi) is 2.33. The highest BCUT2D eigenvalue weighted by Crippen LogP contribution is 2.39. The minimum Gasteiger partial charge on any atom is -0.293 e. The van der Waals surface area contributed by atoms with Crippen molar-refractivity contribution in [1.82, 2.24) is 0 Å². The predicted octanol–water partition coefficient (Wildman–Crippen LogP) is 3.22. The monoisotopic (exact) mass is 228 g/mol. The van der Waals surface area contributed by atoms with Crippen LogP contribution in [0.15, 0.2) is 12.1 Å². The fourth-order valence-corrected chi connectivity index (χ4v) is 2.14. The van der Waals surface area contributed by atoms with Gasteiger partial charge in [0.05, 0.1) is 0 Å². The molecule has 0 spiro atoms. The van der Waals surface area contributed by atoms with E-state index in [1.165, 1.54) is 0 Å². The molecule has 1 aromatic carbocycles. The van der Waals surface area contributed by atoms with Gasteiger partial charge >= 0.3 is 6.18 Å². The van der Waals surface area contributed by atoms with Gasteiger partial charge in [-0.2, -0.15) is 13.2 Å². The van der Waals surface area contributed by atoms with Crippen molar-refractivity contribution in [2.75, 3.05) is 0 Å². The zero-order chi connectivity index (χ0) is 12.1. The van der Waals surface area contributed by atoms with Gasteiger partial charge in [-0.3, -0.25) is 4.79 Å². The Morgan fingerprint density at radius 3 is 2.44 bits per heavy atom. The van der Waals surface area contributed by atoms with Crippen molar-refractivity contribution >= 4 is 5.78 Å². The second-order valence-corrected chi connectivity index (χ2v) is 4.20. The van der Waals surface area contributed by atoms with E-state index in [1.807, 2.05) is 0 Å². The van der Waals surface area contributed by atoms with Crippen LogP contribution in [0.2, 0.25) is 0 Å². The zero-order valence-corrected chi connectivity index (χ0v) is 8.98. The van der Waals surface area contributed by atoms with Crippen LogP contribution in [0.5, 0.6) is 0 Å². The molecule has 2 rings (SSSR count). The number of carbonyl (C=O) groups excluding carboxylic acids is 1. The number of hydrogen-bond donors (Lipinski definition) is 0. The molecule has 0 saturated carbocycles. The lowest BCUT2D eigenvalue weighted by molar-refractivity contribution is -0.158. The van der Waals surface area contributed by atoms with Crippen LogP contribution < -0.4 is 0 Å². The molecule has 1 unspecified atom stereocenters. The van der Waals surface area contributed by atoms with Crippen molar-refractivity contribution in [3.05, 3.63) is 34.4 Å². The molecule has 0 aliphatic heterocycles. The first kappa shape index (κ1) is 11.2. The van der Waals surface area contributed by atoms with Crippen molar-refractivity contribution in [3.63, 3.8) is 0 Å². The topological polar surface area (TPSA) is 17.1 Å². The van der Waals surface area contributed by atoms with Gasteiger partial charge in [0, 0.05) is 5.56 Å². The summed E-state index contributed by atoms with van der Waals surface area (Å²) in [5.41, 5.74) is 2.34. The smallest absolute Gasteiger partial charge is 0.293 e. The molecule has 1 atom stereocenters. The molecule has 1 aliphatic rings. The third-order valence-electron chi connectivity index (χ3n) is 3.20. The third kappa shape index (κ3) is 1.52. The Morgan fingerprint density at radius 1 is 1.25 bits per heavy atom. The first-order valence-electron chi connectivity index (χ1n) is 5.02. The number of aryl methyl sites for hydroxylation is 1. The molecule has 0 amide bonds. The molecule has 0 heterocycles. The lowest BCUT2D eigenvalue weighted by atomic mass is 9.99. The molecular formula is C12H11F3O. The molecule has 0 aromatic heterocycles. The Morgan fingerprint density at radius 2 is 1.88 bits per heavy atom. The van der Waals surface area contributed by atoms with E-state index in [2.05, 4.69) is 0 Å². The average molecular weight is 228 g/mol. The van der Waals surface area contributed by atoms with Crippen LogP contribution in [0.25, 0.3) is 0 Å². The second kappa shape index (κ2) is 3.34. The van der Waals surface area contributed by atoms with E-state index in [1.54, 1.807) is 26.0 Å². The fraction of sp³-hybridized carbons (Fsp3) is 0.417. The molecule has 0 fully saturated rings. The summed E-state index contributed by atoms with van der Waals surface area (Å²) in [6.07, 6.45) is -4.64. The van der Waals surface area contributed by atoms with E-state index in [-0.39, 0.29) is 12.0 Å². The lowest BCUT2D eigenvalue weighted by Gasteiger charge is -2.12. The van der Waals surface area contributed by atoms with Crippen LogP contribution in [0, 0.1) is 19.8 Å². The van der Waals surface area contributed by atoms with E-state index >= 15 is 0 Å². The summed E-state index contributed by atoms with van der Waals surface area (Å²) in [5, 5.41) is 0. The minimum atomic E-state index is -4.43. The van der Waals surface area contributed by atoms with Crippen LogP contribution in [0.3, 0.4) is 0 Å². The third-order valence-corrected chi connectivity index (χ3v) is 3.20. The molecule has 0 bridgehead atoms. The number of benzene rings is 1. The molecule has 0 N–H and O–H groups in total. The van der Waals surface area contributed by atoms with E-state index in [9.17, 15) is 18.0 Å². The lowest BCUT2D eigenvalue weighted by Crippen LogP contribution is -2.28. The Hall–Kier alpha value is -1.32. The van der Waals surface area contributed by atoms with Crippen molar-refractivity contribution in [1.29, 1.82) is 0 Å². The van der Waals surface area contributed by atoms with Crippen molar-refractivity contribution in [2.45, 2.75) is 26.4 Å². The van der Waals surface area contributed by atoms with Crippen molar-refractivity contribution < 1.29 is 18.0 Å². The molecule has 86 valence electrons. The minimum absolute atomic E-state index is 0.210. The van der Waals surface area contributed by atoms with E-state index < -0.39 is 17.9 Å². The number of Topliss-reactive ketones (excluding diaryl/α,β-unsaturated/α-hetero) is 1. The Labute approximate surface area is 91.3 Å². The zero-order valence-electron chi connectivity index (χ0n) is 8.98. The molecular weight excluding hydrogens is 217 g/mol. The number of carbonyl (C=O) groups is 1. The average Bonchev–Trinajstić information content (AvgIpc) is 2.50. The predicted molar refractivity (Wildman–Crippen MR) is 53.5 cm³/mol. The summed E-state index contributed by atoms with van der Waals surface area (Å²) < 4.78 is 37.8. The highest BCUT2D eigenvalue weighted by Gasteiger charge is 2.49. The van der Waals surface area contributed by atoms with Gasteiger partial charge in [-0.05, 0) is 37.0 Å². The number of ketones is 1. The first-order valence-corrected chi connectivity index (χ1v) is 5.02. The summed E-state index contributed by atoms with van der Waals surface area (Å²) in [7, 11) is 0. The van der Waals surface area contributed by atoms with Gasteiger partial charge in [0.25, 0.3) is 0 Å². The van der Waals surface area contributed by atoms with Gasteiger partial charge in [-0.25, -0.2) is 0 Å². The summed E-state index contributed by atoms with van der Waals surface area (Å²) in [6.45, 7) is 3.49. The number of hydrogen-bond acceptors (Lipinski definition) is 1. The standard InChI is InChI=1S/C12H11F3O/c1-6-3-4-8-5-9(12(13,14)15)11(16)10(8)7(6)2/h3-4,9H,5H2,1-2H3. The Balaban J connectivity index is 2.52. The van der Waals surface area contributed by atoms with Gasteiger partial charge < -0.3 is 0 Å². The van der Waals surface area contributed by atoms with Crippen LogP contribution in [-0.4, -0.2) is 12.0 Å². The van der Waals surface area contributed by atoms with Gasteiger partial charge in [-0.1, -0.05) is 12.1 Å². The number of alkyl halides is 3. The summed E-state index contributed by atoms with van der Waals surface area (Å²) in [4.78, 5) is 11.7. The molecule has 0 saturated heterocycles. The summed E-state index contributed by atoms with van der Waals surface area (Å²) >= 11 is 0. The Bertz CT molecular complexity index is 460. The van der Waals surface area contributed by atoms with Gasteiger partial charge in [-0.15, -0.1) is 0 Å². The van der Waals surface area contributed by atoms with Crippen LogP contribution in [-0.2, 0) is 6.42 Å². The van der Waals surface area contributed by atoms with Gasteiger partial charge in [0.2, 0.25) is 0 Å². The maximum atomic E-state index is 12.6. The number of halogens is 3. The van der Waals surface area contributed by atoms with E-state index in [0.29, 0.717) is 11.1 Å². The second-order valence-electron chi connectivity index (χ2n) is 4.20. The van der Waals surface area contributed by atoms with Crippen LogP contribution >= 0.6 is 0 Å². The van der Waals surface area contributed by atoms with Crippen LogP contribution in [0.4, 0.5) is 13.2 Å². The van der Waals surface area contributed by atoms with Crippen molar-refractivity contribution in [3.8, 4) is 0 Å². The fourth-order valence-electron chi connectivity index (χ4n) is 2.14. The largest absolute Gasteiger partial charge is 0.399 e. The SMILES string of the molecule is Cc1ccc2c(c1C)C(=O)C(C(F)(F)F)C2. The highest BCUT2D eigenvalue weighted by molar-refractivity contribution is 6.04. The molecule has 1 aliphatic carbocycles. The quantitative estimate of drug-likeness (QED) is 0.666. The first-order chi connectivity index (χ1) is 7.32. The normalized spacial score (nSPS) is 20.1. The molecule has 0 radical (unpaired) electrons. The maximum absolute atomic E-state index is 12.6.